The average molecular weight is 282 g/mol. The van der Waals surface area contributed by atoms with Crippen molar-refractivity contribution < 1.29 is 24.2 Å². The number of aliphatic carboxylic acids is 1. The van der Waals surface area contributed by atoms with Crippen LogP contribution in [0.1, 0.15) is 5.56 Å². The average Bonchev–Trinajstić information content (AvgIpc) is 2.36. The van der Waals surface area contributed by atoms with Crippen LogP contribution in [0.5, 0.6) is 11.5 Å². The summed E-state index contributed by atoms with van der Waals surface area (Å²) in [6.45, 7) is -0.118. The Balaban J connectivity index is 2.86. The molecule has 1 amide bonds. The van der Waals surface area contributed by atoms with E-state index in [-0.39, 0.29) is 19.6 Å². The predicted octanol–water partition coefficient (Wildman–Crippen LogP) is 0.0757. The molecule has 0 aliphatic heterocycles. The van der Waals surface area contributed by atoms with E-state index in [1.54, 1.807) is 18.2 Å². The molecule has 0 heterocycles. The number of methoxy groups -OCH3 is 2. The minimum Gasteiger partial charge on any atom is -0.493 e. The monoisotopic (exact) mass is 282 g/mol. The molecule has 0 saturated heterocycles. The molecule has 0 aliphatic carbocycles. The van der Waals surface area contributed by atoms with Crippen molar-refractivity contribution >= 4 is 11.9 Å². The van der Waals surface area contributed by atoms with Crippen LogP contribution in [0, 0.1) is 0 Å². The second-order valence-corrected chi connectivity index (χ2v) is 4.19. The van der Waals surface area contributed by atoms with E-state index in [4.69, 9.17) is 20.3 Å². The van der Waals surface area contributed by atoms with Crippen molar-refractivity contribution in [2.45, 2.75) is 6.54 Å². The number of nitrogens with zero attached hydrogens (tertiary/aromatic N) is 1. The van der Waals surface area contributed by atoms with Gasteiger partial charge in [0, 0.05) is 6.54 Å². The fourth-order valence-electron chi connectivity index (χ4n) is 1.82. The number of nitrogens with two attached hydrogens (primary N) is 1. The maximum absolute atomic E-state index is 10.9. The fraction of sp³-hybridized carbons (Fsp3) is 0.385. The Bertz CT molecular complexity index is 474. The second kappa shape index (κ2) is 7.34. The van der Waals surface area contributed by atoms with E-state index in [0.717, 1.165) is 5.56 Å². The molecule has 0 atom stereocenters. The van der Waals surface area contributed by atoms with Crippen LogP contribution in [0.4, 0.5) is 0 Å². The zero-order chi connectivity index (χ0) is 15.1. The van der Waals surface area contributed by atoms with Gasteiger partial charge in [0.05, 0.1) is 27.3 Å². The molecule has 1 aromatic rings. The number of hydrogen-bond donors (Lipinski definition) is 2. The molecule has 0 saturated carbocycles. The Morgan fingerprint density at radius 2 is 1.85 bits per heavy atom. The van der Waals surface area contributed by atoms with Crippen molar-refractivity contribution in [2.24, 2.45) is 5.73 Å². The molecule has 0 aliphatic rings. The number of primary amides is 1. The van der Waals surface area contributed by atoms with Gasteiger partial charge in [0.2, 0.25) is 5.91 Å². The molecular formula is C13H18N2O5. The number of benzene rings is 1. The maximum Gasteiger partial charge on any atom is 0.317 e. The number of carbonyl (C=O) groups excluding carboxylic acids is 1. The molecule has 1 rings (SSSR count). The minimum absolute atomic E-state index is 0.124. The molecule has 0 radical (unpaired) electrons. The third-order valence-electron chi connectivity index (χ3n) is 2.59. The van der Waals surface area contributed by atoms with Crippen LogP contribution in [0.2, 0.25) is 0 Å². The van der Waals surface area contributed by atoms with Crippen molar-refractivity contribution in [3.63, 3.8) is 0 Å². The van der Waals surface area contributed by atoms with Gasteiger partial charge < -0.3 is 20.3 Å². The molecule has 0 bridgehead atoms. The SMILES string of the molecule is COc1ccc(CN(CC(N)=O)CC(=O)O)cc1OC. The van der Waals surface area contributed by atoms with Crippen LogP contribution in [-0.4, -0.2) is 49.2 Å². The van der Waals surface area contributed by atoms with E-state index < -0.39 is 11.9 Å². The lowest BCUT2D eigenvalue weighted by Crippen LogP contribution is -2.36. The van der Waals surface area contributed by atoms with E-state index in [0.29, 0.717) is 11.5 Å². The van der Waals surface area contributed by atoms with Crippen LogP contribution in [0.3, 0.4) is 0 Å². The van der Waals surface area contributed by atoms with Gasteiger partial charge in [0.15, 0.2) is 11.5 Å². The van der Waals surface area contributed by atoms with Crippen LogP contribution in [-0.2, 0) is 16.1 Å². The smallest absolute Gasteiger partial charge is 0.317 e. The number of hydrogen-bond acceptors (Lipinski definition) is 5. The Morgan fingerprint density at radius 3 is 2.35 bits per heavy atom. The second-order valence-electron chi connectivity index (χ2n) is 4.19. The third-order valence-corrected chi connectivity index (χ3v) is 2.59. The van der Waals surface area contributed by atoms with Crippen LogP contribution >= 0.6 is 0 Å². The summed E-state index contributed by atoms with van der Waals surface area (Å²) in [4.78, 5) is 23.2. The molecule has 0 unspecified atom stereocenters. The van der Waals surface area contributed by atoms with Gasteiger partial charge in [-0.3, -0.25) is 14.5 Å². The zero-order valence-electron chi connectivity index (χ0n) is 11.5. The zero-order valence-corrected chi connectivity index (χ0v) is 11.5. The highest BCUT2D eigenvalue weighted by Crippen LogP contribution is 2.27. The molecular weight excluding hydrogens is 264 g/mol. The first kappa shape index (κ1) is 15.8. The van der Waals surface area contributed by atoms with Crippen molar-refractivity contribution in [1.82, 2.24) is 4.90 Å². The molecule has 110 valence electrons. The van der Waals surface area contributed by atoms with Gasteiger partial charge in [-0.25, -0.2) is 0 Å². The van der Waals surface area contributed by atoms with Crippen LogP contribution in [0.25, 0.3) is 0 Å². The van der Waals surface area contributed by atoms with Gasteiger partial charge in [-0.15, -0.1) is 0 Å². The lowest BCUT2D eigenvalue weighted by atomic mass is 10.2. The summed E-state index contributed by atoms with van der Waals surface area (Å²) < 4.78 is 10.3. The molecule has 0 aromatic heterocycles. The lowest BCUT2D eigenvalue weighted by molar-refractivity contribution is -0.138. The van der Waals surface area contributed by atoms with Gasteiger partial charge in [-0.1, -0.05) is 6.07 Å². The Morgan fingerprint density at radius 1 is 1.20 bits per heavy atom. The Kier molecular flexibility index (Phi) is 5.79. The first-order valence-electron chi connectivity index (χ1n) is 5.89. The van der Waals surface area contributed by atoms with Crippen LogP contribution in [0.15, 0.2) is 18.2 Å². The number of ether oxygens (including phenoxy) is 2. The van der Waals surface area contributed by atoms with Crippen molar-refractivity contribution in [3.05, 3.63) is 23.8 Å². The Hall–Kier alpha value is -2.28. The van der Waals surface area contributed by atoms with Gasteiger partial charge in [-0.2, -0.15) is 0 Å². The summed E-state index contributed by atoms with van der Waals surface area (Å²) in [5.41, 5.74) is 5.90. The van der Waals surface area contributed by atoms with Crippen molar-refractivity contribution in [2.75, 3.05) is 27.3 Å². The molecule has 7 nitrogen and oxygen atoms in total. The largest absolute Gasteiger partial charge is 0.493 e. The van der Waals surface area contributed by atoms with Crippen LogP contribution < -0.4 is 15.2 Å². The standard InChI is InChI=1S/C13H18N2O5/c1-19-10-4-3-9(5-11(10)20-2)6-15(7-12(14)16)8-13(17)18/h3-5H,6-8H2,1-2H3,(H2,14,16)(H,17,18). The maximum atomic E-state index is 10.9. The summed E-state index contributed by atoms with van der Waals surface area (Å²) in [5.74, 6) is -0.478. The van der Waals surface area contributed by atoms with Gasteiger partial charge in [0.25, 0.3) is 0 Å². The predicted molar refractivity (Wildman–Crippen MR) is 71.7 cm³/mol. The molecule has 20 heavy (non-hydrogen) atoms. The topological polar surface area (TPSA) is 102 Å². The van der Waals surface area contributed by atoms with Gasteiger partial charge >= 0.3 is 5.97 Å². The highest BCUT2D eigenvalue weighted by molar-refractivity contribution is 5.77. The summed E-state index contributed by atoms with van der Waals surface area (Å²) in [6, 6.07) is 5.23. The van der Waals surface area contributed by atoms with E-state index in [1.165, 1.54) is 19.1 Å². The molecule has 0 fully saturated rings. The highest BCUT2D eigenvalue weighted by Gasteiger charge is 2.14. The fourth-order valence-corrected chi connectivity index (χ4v) is 1.82. The number of amides is 1. The first-order chi connectivity index (χ1) is 9.46. The van der Waals surface area contributed by atoms with E-state index in [9.17, 15) is 9.59 Å². The number of carbonyl (C=O) groups is 2. The quantitative estimate of drug-likeness (QED) is 0.700. The van der Waals surface area contributed by atoms with E-state index >= 15 is 0 Å². The molecule has 7 heteroatoms. The number of rotatable bonds is 8. The van der Waals surface area contributed by atoms with Gasteiger partial charge in [-0.05, 0) is 17.7 Å². The van der Waals surface area contributed by atoms with Gasteiger partial charge in [0.1, 0.15) is 0 Å². The highest BCUT2D eigenvalue weighted by atomic mass is 16.5. The third kappa shape index (κ3) is 4.77. The number of carboxylic acids is 1. The first-order valence-corrected chi connectivity index (χ1v) is 5.89. The summed E-state index contributed by atoms with van der Waals surface area (Å²) in [5, 5.41) is 8.82. The number of carboxylic acid groups (broad SMARTS) is 1. The minimum atomic E-state index is -1.02. The lowest BCUT2D eigenvalue weighted by Gasteiger charge is -2.19. The van der Waals surface area contributed by atoms with E-state index in [2.05, 4.69) is 0 Å². The van der Waals surface area contributed by atoms with Crippen molar-refractivity contribution in [1.29, 1.82) is 0 Å². The normalized spacial score (nSPS) is 10.3. The van der Waals surface area contributed by atoms with E-state index in [1.807, 2.05) is 0 Å². The molecule has 1 aromatic carbocycles. The Labute approximate surface area is 116 Å². The molecule has 0 spiro atoms. The van der Waals surface area contributed by atoms with Crippen molar-refractivity contribution in [3.8, 4) is 11.5 Å². The molecule has 3 N–H and O–H groups in total. The summed E-state index contributed by atoms with van der Waals surface area (Å²) in [7, 11) is 3.04. The summed E-state index contributed by atoms with van der Waals surface area (Å²) in [6.07, 6.45) is 0. The summed E-state index contributed by atoms with van der Waals surface area (Å²) >= 11 is 0.